The summed E-state index contributed by atoms with van der Waals surface area (Å²) in [6.07, 6.45) is 0. The first-order chi connectivity index (χ1) is 9.44. The molecular weight excluding hydrogens is 318 g/mol. The Labute approximate surface area is 131 Å². The largest absolute Gasteiger partial charge is 0.332 e. The van der Waals surface area contributed by atoms with Crippen LogP contribution in [-0.2, 0) is 0 Å². The highest BCUT2D eigenvalue weighted by Crippen LogP contribution is 2.23. The van der Waals surface area contributed by atoms with Crippen molar-refractivity contribution in [3.63, 3.8) is 0 Å². The lowest BCUT2D eigenvalue weighted by Gasteiger charge is -2.12. The smallest absolute Gasteiger partial charge is 0.175 e. The molecule has 0 aromatic heterocycles. The highest BCUT2D eigenvalue weighted by molar-refractivity contribution is 7.80. The van der Waals surface area contributed by atoms with Crippen LogP contribution in [0.2, 0.25) is 10.0 Å². The van der Waals surface area contributed by atoms with Crippen LogP contribution < -0.4 is 10.6 Å². The van der Waals surface area contributed by atoms with Gasteiger partial charge in [0.05, 0.1) is 5.69 Å². The summed E-state index contributed by atoms with van der Waals surface area (Å²) in [6, 6.07) is 9.82. The van der Waals surface area contributed by atoms with Crippen molar-refractivity contribution in [2.24, 2.45) is 0 Å². The molecular formula is C14H11Cl2FN2S. The fourth-order valence-corrected chi connectivity index (χ4v) is 2.39. The zero-order valence-corrected chi connectivity index (χ0v) is 12.8. The molecule has 2 aromatic carbocycles. The lowest BCUT2D eigenvalue weighted by Crippen LogP contribution is -2.19. The Morgan fingerprint density at radius 2 is 1.70 bits per heavy atom. The van der Waals surface area contributed by atoms with Gasteiger partial charge < -0.3 is 10.6 Å². The van der Waals surface area contributed by atoms with Crippen molar-refractivity contribution in [2.45, 2.75) is 6.92 Å². The van der Waals surface area contributed by atoms with Gasteiger partial charge in [0.2, 0.25) is 0 Å². The molecule has 0 aliphatic rings. The summed E-state index contributed by atoms with van der Waals surface area (Å²) in [6.45, 7) is 1.82. The van der Waals surface area contributed by atoms with E-state index in [0.29, 0.717) is 21.4 Å². The highest BCUT2D eigenvalue weighted by Gasteiger charge is 2.05. The summed E-state index contributed by atoms with van der Waals surface area (Å²) in [7, 11) is 0. The van der Waals surface area contributed by atoms with Crippen LogP contribution >= 0.6 is 35.4 Å². The second kappa shape index (κ2) is 6.39. The number of rotatable bonds is 2. The van der Waals surface area contributed by atoms with Crippen LogP contribution in [0.5, 0.6) is 0 Å². The molecule has 0 fully saturated rings. The molecule has 0 radical (unpaired) electrons. The molecule has 2 aromatic rings. The zero-order chi connectivity index (χ0) is 14.7. The van der Waals surface area contributed by atoms with Crippen LogP contribution in [0.3, 0.4) is 0 Å². The summed E-state index contributed by atoms with van der Waals surface area (Å²) < 4.78 is 13.7. The van der Waals surface area contributed by atoms with Crippen LogP contribution in [0.1, 0.15) is 5.56 Å². The number of thiocarbonyl (C=S) groups is 1. The number of hydrogen-bond donors (Lipinski definition) is 2. The molecule has 0 saturated carbocycles. The topological polar surface area (TPSA) is 24.1 Å². The molecule has 0 unspecified atom stereocenters. The van der Waals surface area contributed by atoms with Crippen molar-refractivity contribution >= 4 is 51.9 Å². The first-order valence-electron chi connectivity index (χ1n) is 5.74. The minimum atomic E-state index is -0.363. The van der Waals surface area contributed by atoms with Crippen molar-refractivity contribution in [1.82, 2.24) is 0 Å². The van der Waals surface area contributed by atoms with E-state index in [9.17, 15) is 4.39 Å². The van der Waals surface area contributed by atoms with Crippen molar-refractivity contribution in [3.05, 3.63) is 57.8 Å². The van der Waals surface area contributed by atoms with Gasteiger partial charge in [-0.3, -0.25) is 0 Å². The Balaban J connectivity index is 2.09. The molecule has 2 rings (SSSR count). The molecule has 0 heterocycles. The van der Waals surface area contributed by atoms with Crippen molar-refractivity contribution < 1.29 is 4.39 Å². The van der Waals surface area contributed by atoms with E-state index in [1.54, 1.807) is 30.3 Å². The second-order valence-corrected chi connectivity index (χ2v) is 5.50. The summed E-state index contributed by atoms with van der Waals surface area (Å²) in [4.78, 5) is 0. The minimum absolute atomic E-state index is 0.256. The minimum Gasteiger partial charge on any atom is -0.332 e. The Kier molecular flexibility index (Phi) is 4.81. The first kappa shape index (κ1) is 15.0. The van der Waals surface area contributed by atoms with E-state index in [1.165, 1.54) is 6.07 Å². The molecule has 0 aliphatic carbocycles. The van der Waals surface area contributed by atoms with E-state index in [2.05, 4.69) is 10.6 Å². The SMILES string of the molecule is Cc1ccc(NC(=S)Nc2cc(Cl)cc(Cl)c2)c(F)c1. The van der Waals surface area contributed by atoms with Gasteiger partial charge in [-0.05, 0) is 55.0 Å². The monoisotopic (exact) mass is 328 g/mol. The number of aryl methyl sites for hydroxylation is 1. The van der Waals surface area contributed by atoms with Crippen LogP contribution in [0, 0.1) is 12.7 Å². The molecule has 0 spiro atoms. The van der Waals surface area contributed by atoms with E-state index >= 15 is 0 Å². The van der Waals surface area contributed by atoms with E-state index in [1.807, 2.05) is 6.92 Å². The Hall–Kier alpha value is -1.36. The van der Waals surface area contributed by atoms with Gasteiger partial charge >= 0.3 is 0 Å². The number of hydrogen-bond acceptors (Lipinski definition) is 1. The van der Waals surface area contributed by atoms with Crippen LogP contribution in [0.15, 0.2) is 36.4 Å². The maximum atomic E-state index is 13.7. The fourth-order valence-electron chi connectivity index (χ4n) is 1.63. The van der Waals surface area contributed by atoms with Crippen molar-refractivity contribution in [2.75, 3.05) is 10.6 Å². The third-order valence-electron chi connectivity index (χ3n) is 2.49. The molecule has 104 valence electrons. The molecule has 0 atom stereocenters. The molecule has 0 bridgehead atoms. The number of benzene rings is 2. The average molecular weight is 329 g/mol. The standard InChI is InChI=1S/C14H11Cl2FN2S/c1-8-2-3-13(12(17)4-8)19-14(20)18-11-6-9(15)5-10(16)7-11/h2-7H,1H3,(H2,18,19,20). The third kappa shape index (κ3) is 4.07. The molecule has 20 heavy (non-hydrogen) atoms. The average Bonchev–Trinajstić information content (AvgIpc) is 2.31. The highest BCUT2D eigenvalue weighted by atomic mass is 35.5. The molecule has 2 N–H and O–H groups in total. The van der Waals surface area contributed by atoms with Crippen molar-refractivity contribution in [1.29, 1.82) is 0 Å². The summed E-state index contributed by atoms with van der Waals surface area (Å²) in [5.41, 5.74) is 1.78. The zero-order valence-electron chi connectivity index (χ0n) is 10.5. The molecule has 0 saturated heterocycles. The van der Waals surface area contributed by atoms with Gasteiger partial charge in [0.25, 0.3) is 0 Å². The summed E-state index contributed by atoms with van der Waals surface area (Å²) in [5.74, 6) is -0.363. The number of halogens is 3. The lowest BCUT2D eigenvalue weighted by molar-refractivity contribution is 0.631. The first-order valence-corrected chi connectivity index (χ1v) is 6.91. The fraction of sp³-hybridized carbons (Fsp3) is 0.0714. The van der Waals surface area contributed by atoms with Crippen LogP contribution in [-0.4, -0.2) is 5.11 Å². The normalized spacial score (nSPS) is 10.2. The van der Waals surface area contributed by atoms with Gasteiger partial charge in [-0.1, -0.05) is 29.3 Å². The molecule has 2 nitrogen and oxygen atoms in total. The van der Waals surface area contributed by atoms with Gasteiger partial charge in [0.15, 0.2) is 5.11 Å². The van der Waals surface area contributed by atoms with Gasteiger partial charge in [-0.15, -0.1) is 0 Å². The van der Waals surface area contributed by atoms with E-state index < -0.39 is 0 Å². The third-order valence-corrected chi connectivity index (χ3v) is 3.13. The van der Waals surface area contributed by atoms with Gasteiger partial charge in [-0.25, -0.2) is 4.39 Å². The Bertz CT molecular complexity index is 641. The van der Waals surface area contributed by atoms with Crippen LogP contribution in [0.25, 0.3) is 0 Å². The molecule has 0 amide bonds. The van der Waals surface area contributed by atoms with E-state index in [-0.39, 0.29) is 10.9 Å². The predicted molar refractivity (Wildman–Crippen MR) is 87.4 cm³/mol. The quantitative estimate of drug-likeness (QED) is 0.736. The van der Waals surface area contributed by atoms with E-state index in [0.717, 1.165) is 5.56 Å². The van der Waals surface area contributed by atoms with E-state index in [4.69, 9.17) is 35.4 Å². The number of nitrogens with one attached hydrogen (secondary N) is 2. The summed E-state index contributed by atoms with van der Waals surface area (Å²) >= 11 is 16.9. The van der Waals surface area contributed by atoms with Crippen molar-refractivity contribution in [3.8, 4) is 0 Å². The Morgan fingerprint density at radius 1 is 1.05 bits per heavy atom. The second-order valence-electron chi connectivity index (χ2n) is 4.22. The lowest BCUT2D eigenvalue weighted by atomic mass is 10.2. The van der Waals surface area contributed by atoms with Gasteiger partial charge in [0.1, 0.15) is 5.82 Å². The maximum Gasteiger partial charge on any atom is 0.175 e. The summed E-state index contributed by atoms with van der Waals surface area (Å²) in [5, 5.41) is 6.92. The van der Waals surface area contributed by atoms with Gasteiger partial charge in [0, 0.05) is 15.7 Å². The maximum absolute atomic E-state index is 13.7. The van der Waals surface area contributed by atoms with Gasteiger partial charge in [-0.2, -0.15) is 0 Å². The number of anilines is 2. The Morgan fingerprint density at radius 3 is 2.30 bits per heavy atom. The molecule has 6 heteroatoms. The molecule has 0 aliphatic heterocycles. The van der Waals surface area contributed by atoms with Crippen LogP contribution in [0.4, 0.5) is 15.8 Å². The predicted octanol–water partition coefficient (Wildman–Crippen LogP) is 5.25.